The van der Waals surface area contributed by atoms with Gasteiger partial charge in [0.1, 0.15) is 0 Å². The van der Waals surface area contributed by atoms with Crippen LogP contribution in [-0.4, -0.2) is 16.1 Å². The Bertz CT molecular complexity index is 383. The third-order valence-corrected chi connectivity index (χ3v) is 3.31. The second-order valence-electron chi connectivity index (χ2n) is 4.39. The molecule has 3 nitrogen and oxygen atoms in total. The van der Waals surface area contributed by atoms with E-state index in [4.69, 9.17) is 5.11 Å². The number of hydrogen-bond acceptors (Lipinski definition) is 2. The monoisotopic (exact) mass is 205 g/mol. The van der Waals surface area contributed by atoms with E-state index < -0.39 is 5.97 Å². The maximum Gasteiger partial charge on any atom is 0.304 e. The van der Waals surface area contributed by atoms with Crippen molar-refractivity contribution in [3.63, 3.8) is 0 Å². The zero-order valence-electron chi connectivity index (χ0n) is 8.86. The van der Waals surface area contributed by atoms with E-state index >= 15 is 0 Å². The van der Waals surface area contributed by atoms with Crippen molar-refractivity contribution < 1.29 is 9.90 Å². The zero-order chi connectivity index (χ0) is 10.9. The molecule has 0 aromatic carbocycles. The Morgan fingerprint density at radius 3 is 2.80 bits per heavy atom. The first-order chi connectivity index (χ1) is 7.12. The summed E-state index contributed by atoms with van der Waals surface area (Å²) in [6, 6.07) is 3.97. The second kappa shape index (κ2) is 3.65. The number of carbonyl (C=O) groups is 1. The molecule has 0 spiro atoms. The standard InChI is InChI=1S/C12H15NO2/c1-9-7-10(3-6-13-9)12(4-2-5-12)8-11(14)15/h3,6-7H,2,4-5,8H2,1H3,(H,14,15). The lowest BCUT2D eigenvalue weighted by Crippen LogP contribution is -2.36. The summed E-state index contributed by atoms with van der Waals surface area (Å²) >= 11 is 0. The van der Waals surface area contributed by atoms with Crippen LogP contribution in [0.1, 0.15) is 36.9 Å². The van der Waals surface area contributed by atoms with Gasteiger partial charge in [0.2, 0.25) is 0 Å². The summed E-state index contributed by atoms with van der Waals surface area (Å²) in [6.07, 6.45) is 5.13. The molecule has 1 aliphatic carbocycles. The number of nitrogens with zero attached hydrogens (tertiary/aromatic N) is 1. The molecular weight excluding hydrogens is 190 g/mol. The molecule has 1 N–H and O–H groups in total. The molecule has 0 aliphatic heterocycles. The van der Waals surface area contributed by atoms with E-state index in [1.807, 2.05) is 19.1 Å². The molecule has 1 aliphatic rings. The van der Waals surface area contributed by atoms with Gasteiger partial charge in [-0.25, -0.2) is 0 Å². The Morgan fingerprint density at radius 1 is 1.60 bits per heavy atom. The smallest absolute Gasteiger partial charge is 0.304 e. The van der Waals surface area contributed by atoms with Crippen LogP contribution in [0.5, 0.6) is 0 Å². The van der Waals surface area contributed by atoms with Gasteiger partial charge >= 0.3 is 5.97 Å². The fourth-order valence-corrected chi connectivity index (χ4v) is 2.34. The number of aryl methyl sites for hydroxylation is 1. The average molecular weight is 205 g/mol. The molecule has 1 heterocycles. The minimum atomic E-state index is -0.704. The molecule has 0 atom stereocenters. The van der Waals surface area contributed by atoms with Gasteiger partial charge in [-0.15, -0.1) is 0 Å². The van der Waals surface area contributed by atoms with E-state index in [1.165, 1.54) is 0 Å². The van der Waals surface area contributed by atoms with Gasteiger partial charge in [0.05, 0.1) is 6.42 Å². The number of carboxylic acids is 1. The second-order valence-corrected chi connectivity index (χ2v) is 4.39. The van der Waals surface area contributed by atoms with E-state index in [0.717, 1.165) is 30.5 Å². The molecule has 1 aromatic rings. The highest BCUT2D eigenvalue weighted by Gasteiger charge is 2.40. The van der Waals surface area contributed by atoms with E-state index in [9.17, 15) is 4.79 Å². The Hall–Kier alpha value is -1.38. The Labute approximate surface area is 89.2 Å². The van der Waals surface area contributed by atoms with Crippen molar-refractivity contribution in [2.24, 2.45) is 0 Å². The molecule has 80 valence electrons. The first-order valence-corrected chi connectivity index (χ1v) is 5.27. The molecule has 0 unspecified atom stereocenters. The molecule has 0 saturated heterocycles. The third kappa shape index (κ3) is 1.87. The molecular formula is C12H15NO2. The topological polar surface area (TPSA) is 50.2 Å². The highest BCUT2D eigenvalue weighted by Crippen LogP contribution is 2.46. The van der Waals surface area contributed by atoms with Crippen LogP contribution < -0.4 is 0 Å². The summed E-state index contributed by atoms with van der Waals surface area (Å²) in [7, 11) is 0. The van der Waals surface area contributed by atoms with Crippen molar-refractivity contribution in [1.82, 2.24) is 4.98 Å². The molecule has 1 saturated carbocycles. The molecule has 0 bridgehead atoms. The normalized spacial score (nSPS) is 18.2. The molecule has 0 radical (unpaired) electrons. The summed E-state index contributed by atoms with van der Waals surface area (Å²) in [6.45, 7) is 1.94. The fourth-order valence-electron chi connectivity index (χ4n) is 2.34. The number of hydrogen-bond donors (Lipinski definition) is 1. The predicted octanol–water partition coefficient (Wildman–Crippen LogP) is 2.29. The van der Waals surface area contributed by atoms with Crippen molar-refractivity contribution in [3.05, 3.63) is 29.6 Å². The first kappa shape index (κ1) is 10.1. The van der Waals surface area contributed by atoms with Gasteiger partial charge in [-0.3, -0.25) is 9.78 Å². The van der Waals surface area contributed by atoms with Gasteiger partial charge in [0.25, 0.3) is 0 Å². The van der Waals surface area contributed by atoms with Crippen LogP contribution in [0, 0.1) is 6.92 Å². The van der Waals surface area contributed by atoms with Crippen molar-refractivity contribution in [3.8, 4) is 0 Å². The van der Waals surface area contributed by atoms with Crippen molar-refractivity contribution in [2.45, 2.75) is 38.0 Å². The Kier molecular flexibility index (Phi) is 2.47. The molecule has 3 heteroatoms. The summed E-state index contributed by atoms with van der Waals surface area (Å²) < 4.78 is 0. The van der Waals surface area contributed by atoms with Gasteiger partial charge in [-0.05, 0) is 37.5 Å². The lowest BCUT2D eigenvalue weighted by atomic mass is 9.62. The van der Waals surface area contributed by atoms with Crippen molar-refractivity contribution in [1.29, 1.82) is 0 Å². The maximum atomic E-state index is 10.9. The molecule has 2 rings (SSSR count). The lowest BCUT2D eigenvalue weighted by Gasteiger charge is -2.41. The summed E-state index contributed by atoms with van der Waals surface area (Å²) in [4.78, 5) is 15.0. The van der Waals surface area contributed by atoms with Crippen LogP contribution in [-0.2, 0) is 10.2 Å². The quantitative estimate of drug-likeness (QED) is 0.823. The zero-order valence-corrected chi connectivity index (χ0v) is 8.86. The van der Waals surface area contributed by atoms with Crippen LogP contribution in [0.25, 0.3) is 0 Å². The summed E-state index contributed by atoms with van der Waals surface area (Å²) in [5.74, 6) is -0.704. The van der Waals surface area contributed by atoms with Crippen LogP contribution in [0.3, 0.4) is 0 Å². The van der Waals surface area contributed by atoms with E-state index in [0.29, 0.717) is 0 Å². The van der Waals surface area contributed by atoms with Gasteiger partial charge in [-0.1, -0.05) is 6.42 Å². The number of aliphatic carboxylic acids is 1. The average Bonchev–Trinajstić information content (AvgIpc) is 2.11. The predicted molar refractivity (Wildman–Crippen MR) is 56.8 cm³/mol. The molecule has 1 aromatic heterocycles. The van der Waals surface area contributed by atoms with Crippen molar-refractivity contribution in [2.75, 3.05) is 0 Å². The fraction of sp³-hybridized carbons (Fsp3) is 0.500. The van der Waals surface area contributed by atoms with Crippen LogP contribution in [0.4, 0.5) is 0 Å². The van der Waals surface area contributed by atoms with E-state index in [-0.39, 0.29) is 11.8 Å². The number of carboxylic acid groups (broad SMARTS) is 1. The van der Waals surface area contributed by atoms with Crippen LogP contribution in [0.15, 0.2) is 18.3 Å². The SMILES string of the molecule is Cc1cc(C2(CC(=O)O)CCC2)ccn1. The van der Waals surface area contributed by atoms with Crippen LogP contribution >= 0.6 is 0 Å². The van der Waals surface area contributed by atoms with Gasteiger partial charge in [-0.2, -0.15) is 0 Å². The Balaban J connectivity index is 2.29. The molecule has 0 amide bonds. The lowest BCUT2D eigenvalue weighted by molar-refractivity contribution is -0.139. The maximum absolute atomic E-state index is 10.9. The largest absolute Gasteiger partial charge is 0.481 e. The highest BCUT2D eigenvalue weighted by molar-refractivity contribution is 5.69. The third-order valence-electron chi connectivity index (χ3n) is 3.31. The molecule has 1 fully saturated rings. The minimum Gasteiger partial charge on any atom is -0.481 e. The number of aromatic nitrogens is 1. The number of rotatable bonds is 3. The first-order valence-electron chi connectivity index (χ1n) is 5.27. The minimum absolute atomic E-state index is 0.112. The van der Waals surface area contributed by atoms with Crippen LogP contribution in [0.2, 0.25) is 0 Å². The van der Waals surface area contributed by atoms with Crippen molar-refractivity contribution >= 4 is 5.97 Å². The highest BCUT2D eigenvalue weighted by atomic mass is 16.4. The Morgan fingerprint density at radius 2 is 2.33 bits per heavy atom. The van der Waals surface area contributed by atoms with Gasteiger partial charge in [0, 0.05) is 17.3 Å². The van der Waals surface area contributed by atoms with Gasteiger partial charge < -0.3 is 5.11 Å². The van der Waals surface area contributed by atoms with E-state index in [2.05, 4.69) is 4.98 Å². The summed E-state index contributed by atoms with van der Waals surface area (Å²) in [5, 5.41) is 8.93. The number of pyridine rings is 1. The molecule has 15 heavy (non-hydrogen) atoms. The summed E-state index contributed by atoms with van der Waals surface area (Å²) in [5.41, 5.74) is 1.99. The van der Waals surface area contributed by atoms with Gasteiger partial charge in [0.15, 0.2) is 0 Å². The van der Waals surface area contributed by atoms with E-state index in [1.54, 1.807) is 6.20 Å².